The van der Waals surface area contributed by atoms with E-state index in [2.05, 4.69) is 5.32 Å². The van der Waals surface area contributed by atoms with Crippen LogP contribution in [-0.4, -0.2) is 25.3 Å². The van der Waals surface area contributed by atoms with Gasteiger partial charge >= 0.3 is 0 Å². The van der Waals surface area contributed by atoms with Crippen molar-refractivity contribution in [3.05, 3.63) is 53.3 Å². The van der Waals surface area contributed by atoms with Gasteiger partial charge in [0.15, 0.2) is 11.5 Å². The molecule has 138 valence electrons. The lowest BCUT2D eigenvalue weighted by Crippen LogP contribution is -2.38. The van der Waals surface area contributed by atoms with Gasteiger partial charge < -0.3 is 25.3 Å². The fourth-order valence-electron chi connectivity index (χ4n) is 2.62. The zero-order valence-electron chi connectivity index (χ0n) is 14.5. The van der Waals surface area contributed by atoms with Crippen molar-refractivity contribution in [2.24, 2.45) is 5.73 Å². The first-order valence-corrected chi connectivity index (χ1v) is 8.36. The molecular formula is C19H21FN2O4. The Hall–Kier alpha value is -2.80. The lowest BCUT2D eigenvalue weighted by molar-refractivity contribution is -0.119. The molecule has 1 unspecified atom stereocenters. The Morgan fingerprint density at radius 1 is 1.23 bits per heavy atom. The third kappa shape index (κ3) is 4.05. The summed E-state index contributed by atoms with van der Waals surface area (Å²) in [5, 5.41) is 3.03. The summed E-state index contributed by atoms with van der Waals surface area (Å²) in [6, 6.07) is 9.78. The summed E-state index contributed by atoms with van der Waals surface area (Å²) in [7, 11) is 0. The first kappa shape index (κ1) is 18.0. The summed E-state index contributed by atoms with van der Waals surface area (Å²) in [6.07, 6.45) is 0.446. The predicted molar refractivity (Wildman–Crippen MR) is 93.7 cm³/mol. The highest BCUT2D eigenvalue weighted by Crippen LogP contribution is 2.43. The third-order valence-corrected chi connectivity index (χ3v) is 4.18. The number of benzene rings is 2. The Kier molecular flexibility index (Phi) is 5.58. The second-order valence-corrected chi connectivity index (χ2v) is 5.98. The first-order valence-electron chi connectivity index (χ1n) is 8.36. The Balaban J connectivity index is 1.65. The van der Waals surface area contributed by atoms with Crippen molar-refractivity contribution >= 4 is 5.91 Å². The van der Waals surface area contributed by atoms with Gasteiger partial charge in [0.25, 0.3) is 0 Å². The number of ether oxygens (including phenoxy) is 3. The number of halogens is 1. The number of amides is 1. The van der Waals surface area contributed by atoms with Gasteiger partial charge in [-0.1, -0.05) is 24.3 Å². The van der Waals surface area contributed by atoms with Crippen LogP contribution in [0, 0.1) is 5.82 Å². The molecule has 0 spiro atoms. The molecular weight excluding hydrogens is 339 g/mol. The molecule has 0 radical (unpaired) electrons. The summed E-state index contributed by atoms with van der Waals surface area (Å²) >= 11 is 0. The highest BCUT2D eigenvalue weighted by atomic mass is 19.1. The van der Waals surface area contributed by atoms with Crippen molar-refractivity contribution in [2.45, 2.75) is 25.9 Å². The molecule has 6 nitrogen and oxygen atoms in total. The van der Waals surface area contributed by atoms with Crippen LogP contribution in [0.1, 0.15) is 18.1 Å². The summed E-state index contributed by atoms with van der Waals surface area (Å²) in [5.74, 6) is 0.973. The summed E-state index contributed by atoms with van der Waals surface area (Å²) < 4.78 is 30.5. The van der Waals surface area contributed by atoms with Crippen LogP contribution >= 0.6 is 0 Å². The van der Waals surface area contributed by atoms with Crippen LogP contribution in [-0.2, 0) is 17.8 Å². The maximum Gasteiger partial charge on any atom is 0.234 e. The lowest BCUT2D eigenvalue weighted by atomic mass is 10.1. The number of carbonyl (C=O) groups excluding carboxylic acids is 1. The molecule has 0 aliphatic carbocycles. The summed E-state index contributed by atoms with van der Waals surface area (Å²) in [4.78, 5) is 11.1. The molecule has 7 heteroatoms. The zero-order valence-corrected chi connectivity index (χ0v) is 14.5. The predicted octanol–water partition coefficient (Wildman–Crippen LogP) is 2.14. The average Bonchev–Trinajstić information content (AvgIpc) is 3.12. The van der Waals surface area contributed by atoms with Crippen LogP contribution in [0.2, 0.25) is 0 Å². The fourth-order valence-corrected chi connectivity index (χ4v) is 2.62. The van der Waals surface area contributed by atoms with Crippen molar-refractivity contribution in [2.75, 3.05) is 13.4 Å². The van der Waals surface area contributed by atoms with E-state index in [9.17, 15) is 9.18 Å². The van der Waals surface area contributed by atoms with Crippen LogP contribution in [0.5, 0.6) is 17.2 Å². The minimum Gasteiger partial charge on any atom is -0.489 e. The maximum absolute atomic E-state index is 13.7. The van der Waals surface area contributed by atoms with Crippen LogP contribution < -0.4 is 25.3 Å². The molecule has 1 amide bonds. The Morgan fingerprint density at radius 2 is 2.00 bits per heavy atom. The Morgan fingerprint density at radius 3 is 2.77 bits per heavy atom. The van der Waals surface area contributed by atoms with E-state index in [1.54, 1.807) is 31.2 Å². The minimum atomic E-state index is -0.454. The third-order valence-electron chi connectivity index (χ3n) is 4.18. The number of fused-ring (bicyclic) bond motifs is 1. The molecule has 3 N–H and O–H groups in total. The number of hydrogen-bond acceptors (Lipinski definition) is 5. The maximum atomic E-state index is 13.7. The monoisotopic (exact) mass is 360 g/mol. The van der Waals surface area contributed by atoms with Crippen molar-refractivity contribution < 1.29 is 23.4 Å². The number of carbonyl (C=O) groups is 1. The van der Waals surface area contributed by atoms with E-state index >= 15 is 0 Å². The SMILES string of the molecule is CC(NCc1ccc(OCCc2ccccc2F)c2c1OCO2)C(N)=O. The molecule has 1 heterocycles. The van der Waals surface area contributed by atoms with Crippen LogP contribution in [0.15, 0.2) is 36.4 Å². The number of hydrogen-bond donors (Lipinski definition) is 2. The number of nitrogens with two attached hydrogens (primary N) is 1. The molecule has 1 aliphatic rings. The van der Waals surface area contributed by atoms with Crippen molar-refractivity contribution in [1.29, 1.82) is 0 Å². The molecule has 26 heavy (non-hydrogen) atoms. The molecule has 1 atom stereocenters. The van der Waals surface area contributed by atoms with E-state index in [-0.39, 0.29) is 12.6 Å². The highest BCUT2D eigenvalue weighted by molar-refractivity contribution is 5.79. The quantitative estimate of drug-likeness (QED) is 0.754. The molecule has 0 aromatic heterocycles. The Labute approximate surface area is 151 Å². The van der Waals surface area contributed by atoms with E-state index in [0.717, 1.165) is 5.56 Å². The van der Waals surface area contributed by atoms with Gasteiger partial charge in [-0.15, -0.1) is 0 Å². The molecule has 0 fully saturated rings. The number of nitrogens with one attached hydrogen (secondary N) is 1. The molecule has 2 aromatic carbocycles. The van der Waals surface area contributed by atoms with E-state index in [0.29, 0.717) is 42.4 Å². The van der Waals surface area contributed by atoms with Gasteiger partial charge in [0.05, 0.1) is 12.6 Å². The van der Waals surface area contributed by atoms with Crippen molar-refractivity contribution in [1.82, 2.24) is 5.32 Å². The second kappa shape index (κ2) is 8.05. The topological polar surface area (TPSA) is 82.8 Å². The van der Waals surface area contributed by atoms with Crippen LogP contribution in [0.25, 0.3) is 0 Å². The fraction of sp³-hybridized carbons (Fsp3) is 0.316. The largest absolute Gasteiger partial charge is 0.489 e. The molecule has 0 saturated heterocycles. The minimum absolute atomic E-state index is 0.0986. The van der Waals surface area contributed by atoms with E-state index in [1.807, 2.05) is 6.07 Å². The van der Waals surface area contributed by atoms with Gasteiger partial charge in [-0.05, 0) is 24.6 Å². The molecule has 1 aliphatic heterocycles. The second-order valence-electron chi connectivity index (χ2n) is 5.98. The van der Waals surface area contributed by atoms with Crippen molar-refractivity contribution in [3.63, 3.8) is 0 Å². The highest BCUT2D eigenvalue weighted by Gasteiger charge is 2.23. The lowest BCUT2D eigenvalue weighted by Gasteiger charge is -2.14. The number of rotatable bonds is 8. The smallest absolute Gasteiger partial charge is 0.234 e. The average molecular weight is 360 g/mol. The summed E-state index contributed by atoms with van der Waals surface area (Å²) in [5.41, 5.74) is 6.69. The van der Waals surface area contributed by atoms with Crippen molar-refractivity contribution in [3.8, 4) is 17.2 Å². The van der Waals surface area contributed by atoms with Gasteiger partial charge in [-0.3, -0.25) is 4.79 Å². The number of primary amides is 1. The molecule has 0 saturated carbocycles. The summed E-state index contributed by atoms with van der Waals surface area (Å²) in [6.45, 7) is 2.51. The van der Waals surface area contributed by atoms with Gasteiger partial charge in [-0.25, -0.2) is 4.39 Å². The standard InChI is InChI=1S/C19H21FN2O4/c1-12(19(21)23)22-10-14-6-7-16(18-17(14)25-11-26-18)24-9-8-13-4-2-3-5-15(13)20/h2-7,12,22H,8-11H2,1H3,(H2,21,23). The van der Waals surface area contributed by atoms with Gasteiger partial charge in [-0.2, -0.15) is 0 Å². The van der Waals surface area contributed by atoms with E-state index in [4.69, 9.17) is 19.9 Å². The molecule has 2 aromatic rings. The molecule has 3 rings (SSSR count). The van der Waals surface area contributed by atoms with Crippen LogP contribution in [0.4, 0.5) is 4.39 Å². The Bertz CT molecular complexity index is 797. The van der Waals surface area contributed by atoms with Gasteiger partial charge in [0.1, 0.15) is 5.82 Å². The van der Waals surface area contributed by atoms with Crippen LogP contribution in [0.3, 0.4) is 0 Å². The van der Waals surface area contributed by atoms with Gasteiger partial charge in [0.2, 0.25) is 18.4 Å². The van der Waals surface area contributed by atoms with Gasteiger partial charge in [0, 0.05) is 18.5 Å². The first-order chi connectivity index (χ1) is 12.6. The normalized spacial score (nSPS) is 13.5. The van der Waals surface area contributed by atoms with E-state index in [1.165, 1.54) is 6.07 Å². The zero-order chi connectivity index (χ0) is 18.5. The molecule has 0 bridgehead atoms. The van der Waals surface area contributed by atoms with E-state index < -0.39 is 11.9 Å².